The third kappa shape index (κ3) is 3.94. The molecule has 2 aromatic carbocycles. The third-order valence-electron chi connectivity index (χ3n) is 3.64. The summed E-state index contributed by atoms with van der Waals surface area (Å²) in [5, 5.41) is 3.97. The topological polar surface area (TPSA) is 51.2 Å². The van der Waals surface area contributed by atoms with E-state index in [2.05, 4.69) is 10.3 Å². The molecular formula is C20H19FN2O2. The Kier molecular flexibility index (Phi) is 4.65. The second-order valence-electron chi connectivity index (χ2n) is 6.13. The van der Waals surface area contributed by atoms with E-state index < -0.39 is 0 Å². The first-order valence-corrected chi connectivity index (χ1v) is 8.07. The fourth-order valence-corrected chi connectivity index (χ4v) is 2.56. The number of aryl methyl sites for hydroxylation is 1. The molecule has 1 aromatic heterocycles. The van der Waals surface area contributed by atoms with Crippen LogP contribution in [0.1, 0.15) is 29.9 Å². The Morgan fingerprint density at radius 3 is 2.52 bits per heavy atom. The van der Waals surface area contributed by atoms with Gasteiger partial charge in [0.1, 0.15) is 5.82 Å². The second-order valence-corrected chi connectivity index (χ2v) is 6.13. The van der Waals surface area contributed by atoms with Crippen molar-refractivity contribution in [1.82, 2.24) is 4.98 Å². The van der Waals surface area contributed by atoms with Crippen molar-refractivity contribution in [3.8, 4) is 0 Å². The molecule has 1 N–H and O–H groups in total. The Balaban J connectivity index is 1.89. The fourth-order valence-electron chi connectivity index (χ4n) is 2.56. The number of esters is 1. The summed E-state index contributed by atoms with van der Waals surface area (Å²) in [6, 6.07) is 13.4. The first-order valence-electron chi connectivity index (χ1n) is 8.07. The zero-order valence-corrected chi connectivity index (χ0v) is 14.3. The molecule has 0 bridgehead atoms. The van der Waals surface area contributed by atoms with E-state index in [1.165, 1.54) is 12.1 Å². The molecule has 0 saturated carbocycles. The molecule has 3 aromatic rings. The van der Waals surface area contributed by atoms with Crippen LogP contribution >= 0.6 is 0 Å². The lowest BCUT2D eigenvalue weighted by molar-refractivity contribution is 0.0378. The van der Waals surface area contributed by atoms with Gasteiger partial charge in [-0.2, -0.15) is 0 Å². The molecule has 0 fully saturated rings. The van der Waals surface area contributed by atoms with Gasteiger partial charge in [-0.05, 0) is 69.3 Å². The zero-order valence-electron chi connectivity index (χ0n) is 14.3. The van der Waals surface area contributed by atoms with E-state index in [1.807, 2.05) is 26.8 Å². The zero-order chi connectivity index (χ0) is 18.0. The monoisotopic (exact) mass is 338 g/mol. The molecule has 3 rings (SSSR count). The number of carbonyl (C=O) groups excluding carboxylic acids is 1. The number of ether oxygens (including phenoxy) is 1. The van der Waals surface area contributed by atoms with Crippen molar-refractivity contribution in [2.24, 2.45) is 0 Å². The Labute approximate surface area is 145 Å². The van der Waals surface area contributed by atoms with Gasteiger partial charge in [0.25, 0.3) is 0 Å². The predicted molar refractivity (Wildman–Crippen MR) is 96.7 cm³/mol. The quantitative estimate of drug-likeness (QED) is 0.681. The number of nitrogens with one attached hydrogen (secondary N) is 1. The number of aromatic nitrogens is 1. The molecule has 25 heavy (non-hydrogen) atoms. The number of benzene rings is 2. The van der Waals surface area contributed by atoms with Gasteiger partial charge < -0.3 is 10.1 Å². The molecule has 128 valence electrons. The molecule has 5 heteroatoms. The van der Waals surface area contributed by atoms with Gasteiger partial charge in [0, 0.05) is 22.5 Å². The Bertz CT molecular complexity index is 921. The van der Waals surface area contributed by atoms with Gasteiger partial charge in [-0.3, -0.25) is 4.98 Å². The number of rotatable bonds is 4. The minimum absolute atomic E-state index is 0.161. The maximum absolute atomic E-state index is 13.6. The van der Waals surface area contributed by atoms with Crippen molar-refractivity contribution in [2.45, 2.75) is 26.9 Å². The molecule has 4 nitrogen and oxygen atoms in total. The second kappa shape index (κ2) is 6.89. The van der Waals surface area contributed by atoms with Gasteiger partial charge in [-0.25, -0.2) is 9.18 Å². The lowest BCUT2D eigenvalue weighted by atomic mass is 10.1. The average molecular weight is 338 g/mol. The minimum atomic E-state index is -0.353. The fraction of sp³-hybridized carbons (Fsp3) is 0.200. The molecule has 0 spiro atoms. The van der Waals surface area contributed by atoms with Crippen molar-refractivity contribution >= 4 is 28.2 Å². The molecule has 1 heterocycles. The summed E-state index contributed by atoms with van der Waals surface area (Å²) in [4.78, 5) is 16.3. The summed E-state index contributed by atoms with van der Waals surface area (Å²) in [6.45, 7) is 5.51. The van der Waals surface area contributed by atoms with Crippen LogP contribution < -0.4 is 5.32 Å². The van der Waals surface area contributed by atoms with Crippen LogP contribution in [0.15, 0.2) is 48.5 Å². The number of hydrogen-bond donors (Lipinski definition) is 1. The van der Waals surface area contributed by atoms with Gasteiger partial charge in [0.2, 0.25) is 0 Å². The summed E-state index contributed by atoms with van der Waals surface area (Å²) in [6.07, 6.45) is -0.161. The maximum atomic E-state index is 13.6. The van der Waals surface area contributed by atoms with E-state index in [-0.39, 0.29) is 17.9 Å². The predicted octanol–water partition coefficient (Wildman–Crippen LogP) is 4.99. The van der Waals surface area contributed by atoms with E-state index in [1.54, 1.807) is 30.3 Å². The molecule has 0 radical (unpaired) electrons. The molecule has 0 unspecified atom stereocenters. The highest BCUT2D eigenvalue weighted by Crippen LogP contribution is 2.27. The lowest BCUT2D eigenvalue weighted by Crippen LogP contribution is -2.11. The van der Waals surface area contributed by atoms with E-state index in [0.29, 0.717) is 10.9 Å². The normalized spacial score (nSPS) is 10.9. The van der Waals surface area contributed by atoms with Crippen LogP contribution in [0.3, 0.4) is 0 Å². The molecule has 0 atom stereocenters. The number of carbonyl (C=O) groups is 1. The SMILES string of the molecule is Cc1cc(Nc2ccc(C(=O)OC(C)C)cc2)c2cc(F)ccc2n1. The van der Waals surface area contributed by atoms with Crippen molar-refractivity contribution < 1.29 is 13.9 Å². The van der Waals surface area contributed by atoms with Crippen LogP contribution in [-0.2, 0) is 4.74 Å². The lowest BCUT2D eigenvalue weighted by Gasteiger charge is -2.12. The summed E-state index contributed by atoms with van der Waals surface area (Å²) in [5.41, 5.74) is 3.59. The summed E-state index contributed by atoms with van der Waals surface area (Å²) < 4.78 is 18.8. The largest absolute Gasteiger partial charge is 0.459 e. The number of hydrogen-bond acceptors (Lipinski definition) is 4. The smallest absolute Gasteiger partial charge is 0.338 e. The maximum Gasteiger partial charge on any atom is 0.338 e. The highest BCUT2D eigenvalue weighted by molar-refractivity contribution is 5.94. The van der Waals surface area contributed by atoms with Crippen molar-refractivity contribution in [2.75, 3.05) is 5.32 Å². The standard InChI is InChI=1S/C20H19FN2O2/c1-12(2)25-20(24)14-4-7-16(8-5-14)23-19-10-13(3)22-18-9-6-15(21)11-17(18)19/h4-12H,1-3H3,(H,22,23). The Morgan fingerprint density at radius 2 is 1.84 bits per heavy atom. The van der Waals surface area contributed by atoms with Gasteiger partial charge in [-0.15, -0.1) is 0 Å². The van der Waals surface area contributed by atoms with Crippen LogP contribution in [0, 0.1) is 12.7 Å². The first kappa shape index (κ1) is 16.9. The van der Waals surface area contributed by atoms with E-state index in [4.69, 9.17) is 4.74 Å². The van der Waals surface area contributed by atoms with Gasteiger partial charge >= 0.3 is 5.97 Å². The van der Waals surface area contributed by atoms with E-state index in [0.717, 1.165) is 22.6 Å². The number of fused-ring (bicyclic) bond motifs is 1. The summed E-state index contributed by atoms with van der Waals surface area (Å²) in [7, 11) is 0. The molecule has 0 amide bonds. The molecular weight excluding hydrogens is 319 g/mol. The summed E-state index contributed by atoms with van der Waals surface area (Å²) >= 11 is 0. The Morgan fingerprint density at radius 1 is 1.12 bits per heavy atom. The van der Waals surface area contributed by atoms with Crippen LogP contribution in [0.4, 0.5) is 15.8 Å². The Hall–Kier alpha value is -2.95. The number of nitrogens with zero attached hydrogens (tertiary/aromatic N) is 1. The van der Waals surface area contributed by atoms with Crippen LogP contribution in [-0.4, -0.2) is 17.1 Å². The van der Waals surface area contributed by atoms with Gasteiger partial charge in [-0.1, -0.05) is 0 Å². The average Bonchev–Trinajstić information content (AvgIpc) is 2.55. The van der Waals surface area contributed by atoms with Crippen molar-refractivity contribution in [3.63, 3.8) is 0 Å². The third-order valence-corrected chi connectivity index (χ3v) is 3.64. The highest BCUT2D eigenvalue weighted by atomic mass is 19.1. The van der Waals surface area contributed by atoms with Crippen molar-refractivity contribution in [1.29, 1.82) is 0 Å². The number of halogens is 1. The van der Waals surface area contributed by atoms with E-state index in [9.17, 15) is 9.18 Å². The molecule has 0 saturated heterocycles. The van der Waals surface area contributed by atoms with Crippen molar-refractivity contribution in [3.05, 3.63) is 65.6 Å². The molecule has 0 aliphatic carbocycles. The van der Waals surface area contributed by atoms with Crippen LogP contribution in [0.25, 0.3) is 10.9 Å². The van der Waals surface area contributed by atoms with Gasteiger partial charge in [0.05, 0.1) is 17.2 Å². The number of pyridine rings is 1. The number of anilines is 2. The highest BCUT2D eigenvalue weighted by Gasteiger charge is 2.10. The van der Waals surface area contributed by atoms with Crippen LogP contribution in [0.5, 0.6) is 0 Å². The van der Waals surface area contributed by atoms with Crippen LogP contribution in [0.2, 0.25) is 0 Å². The van der Waals surface area contributed by atoms with Gasteiger partial charge in [0.15, 0.2) is 0 Å². The first-order chi connectivity index (χ1) is 11.9. The minimum Gasteiger partial charge on any atom is -0.459 e. The molecule has 0 aliphatic heterocycles. The molecule has 0 aliphatic rings. The summed E-state index contributed by atoms with van der Waals surface area (Å²) in [5.74, 6) is -0.665. The van der Waals surface area contributed by atoms with E-state index >= 15 is 0 Å².